The Kier molecular flexibility index (Phi) is 3.12. The lowest BCUT2D eigenvalue weighted by Crippen LogP contribution is -2.27. The molecule has 0 aromatic heterocycles. The molecular formula is C12H16O3. The number of carbonyl (C=O) groups excluding carboxylic acids is 2. The predicted molar refractivity (Wildman–Crippen MR) is 57.0 cm³/mol. The molecule has 0 aromatic carbocycles. The standard InChI is InChI=1S/C12H16O3/c1-5-10(14)15-11-8(2)6-12(3,4)7-9(11)13/h5H,1,6-7H2,2-4H3. The lowest BCUT2D eigenvalue weighted by atomic mass is 9.76. The summed E-state index contributed by atoms with van der Waals surface area (Å²) in [6, 6.07) is 0. The van der Waals surface area contributed by atoms with Gasteiger partial charge in [0.25, 0.3) is 0 Å². The van der Waals surface area contributed by atoms with Crippen LogP contribution in [0.3, 0.4) is 0 Å². The molecule has 1 aliphatic carbocycles. The summed E-state index contributed by atoms with van der Waals surface area (Å²) in [5, 5.41) is 0. The van der Waals surface area contributed by atoms with Crippen molar-refractivity contribution in [2.75, 3.05) is 0 Å². The van der Waals surface area contributed by atoms with E-state index in [2.05, 4.69) is 6.58 Å². The van der Waals surface area contributed by atoms with Crippen LogP contribution in [-0.2, 0) is 14.3 Å². The van der Waals surface area contributed by atoms with Gasteiger partial charge in [-0.25, -0.2) is 4.79 Å². The van der Waals surface area contributed by atoms with Crippen molar-refractivity contribution in [3.63, 3.8) is 0 Å². The molecule has 0 heterocycles. The summed E-state index contributed by atoms with van der Waals surface area (Å²) in [6.45, 7) is 9.18. The molecule has 0 amide bonds. The van der Waals surface area contributed by atoms with Crippen LogP contribution in [0.15, 0.2) is 24.0 Å². The zero-order valence-electron chi connectivity index (χ0n) is 9.42. The summed E-state index contributed by atoms with van der Waals surface area (Å²) in [5.41, 5.74) is 0.803. The highest BCUT2D eigenvalue weighted by atomic mass is 16.5. The Bertz CT molecular complexity index is 348. The molecule has 1 rings (SSSR count). The Balaban J connectivity index is 2.92. The average Bonchev–Trinajstić information content (AvgIpc) is 2.09. The van der Waals surface area contributed by atoms with Crippen LogP contribution in [-0.4, -0.2) is 11.8 Å². The molecule has 0 saturated carbocycles. The summed E-state index contributed by atoms with van der Waals surface area (Å²) in [6.07, 6.45) is 2.26. The summed E-state index contributed by atoms with van der Waals surface area (Å²) >= 11 is 0. The third-order valence-electron chi connectivity index (χ3n) is 2.39. The molecular weight excluding hydrogens is 192 g/mol. The highest BCUT2D eigenvalue weighted by Gasteiger charge is 2.32. The van der Waals surface area contributed by atoms with Crippen LogP contribution < -0.4 is 0 Å². The maximum absolute atomic E-state index is 11.7. The molecule has 0 N–H and O–H groups in total. The van der Waals surface area contributed by atoms with Gasteiger partial charge in [0.2, 0.25) is 0 Å². The summed E-state index contributed by atoms with van der Waals surface area (Å²) in [5.74, 6) is -0.462. The first kappa shape index (κ1) is 11.7. The Morgan fingerprint density at radius 3 is 2.53 bits per heavy atom. The number of hydrogen-bond donors (Lipinski definition) is 0. The average molecular weight is 208 g/mol. The van der Waals surface area contributed by atoms with Crippen molar-refractivity contribution in [1.82, 2.24) is 0 Å². The maximum atomic E-state index is 11.7. The van der Waals surface area contributed by atoms with Crippen LogP contribution in [0.2, 0.25) is 0 Å². The van der Waals surface area contributed by atoms with Gasteiger partial charge in [0.15, 0.2) is 11.5 Å². The van der Waals surface area contributed by atoms with E-state index < -0.39 is 5.97 Å². The minimum absolute atomic E-state index is 0.0365. The molecule has 0 fully saturated rings. The SMILES string of the molecule is C=CC(=O)OC1=C(C)CC(C)(C)CC1=O. The normalized spacial score (nSPS) is 20.1. The minimum atomic E-state index is -0.572. The largest absolute Gasteiger partial charge is 0.420 e. The van der Waals surface area contributed by atoms with Crippen molar-refractivity contribution in [2.24, 2.45) is 5.41 Å². The van der Waals surface area contributed by atoms with Gasteiger partial charge in [-0.05, 0) is 24.3 Å². The van der Waals surface area contributed by atoms with Crippen molar-refractivity contribution in [3.05, 3.63) is 24.0 Å². The lowest BCUT2D eigenvalue weighted by molar-refractivity contribution is -0.138. The molecule has 0 radical (unpaired) electrons. The summed E-state index contributed by atoms with van der Waals surface area (Å²) < 4.78 is 4.93. The molecule has 1 aliphatic rings. The van der Waals surface area contributed by atoms with Crippen LogP contribution in [0.25, 0.3) is 0 Å². The summed E-state index contributed by atoms with van der Waals surface area (Å²) in [7, 11) is 0. The van der Waals surface area contributed by atoms with Gasteiger partial charge in [0, 0.05) is 12.5 Å². The van der Waals surface area contributed by atoms with Gasteiger partial charge in [0.05, 0.1) is 0 Å². The molecule has 0 unspecified atom stereocenters. The number of esters is 1. The van der Waals surface area contributed by atoms with Gasteiger partial charge in [-0.1, -0.05) is 20.4 Å². The van der Waals surface area contributed by atoms with E-state index in [4.69, 9.17) is 4.74 Å². The Morgan fingerprint density at radius 2 is 2.07 bits per heavy atom. The molecule has 0 aliphatic heterocycles. The Morgan fingerprint density at radius 1 is 1.47 bits per heavy atom. The fourth-order valence-electron chi connectivity index (χ4n) is 1.90. The third-order valence-corrected chi connectivity index (χ3v) is 2.39. The zero-order valence-corrected chi connectivity index (χ0v) is 9.42. The number of rotatable bonds is 2. The number of ether oxygens (including phenoxy) is 1. The van der Waals surface area contributed by atoms with Crippen molar-refractivity contribution in [2.45, 2.75) is 33.6 Å². The van der Waals surface area contributed by atoms with Crippen molar-refractivity contribution >= 4 is 11.8 Å². The van der Waals surface area contributed by atoms with Gasteiger partial charge in [-0.15, -0.1) is 0 Å². The van der Waals surface area contributed by atoms with E-state index in [1.54, 1.807) is 0 Å². The first-order valence-electron chi connectivity index (χ1n) is 4.93. The fourth-order valence-corrected chi connectivity index (χ4v) is 1.90. The van der Waals surface area contributed by atoms with E-state index in [0.717, 1.165) is 18.1 Å². The van der Waals surface area contributed by atoms with E-state index in [0.29, 0.717) is 6.42 Å². The Hall–Kier alpha value is -1.38. The van der Waals surface area contributed by atoms with Crippen LogP contribution >= 0.6 is 0 Å². The molecule has 0 saturated heterocycles. The second-order valence-electron chi connectivity index (χ2n) is 4.68. The minimum Gasteiger partial charge on any atom is -0.420 e. The molecule has 3 nitrogen and oxygen atoms in total. The highest BCUT2D eigenvalue weighted by molar-refractivity contribution is 5.98. The number of carbonyl (C=O) groups is 2. The molecule has 15 heavy (non-hydrogen) atoms. The van der Waals surface area contributed by atoms with Crippen LogP contribution in [0.1, 0.15) is 33.6 Å². The lowest BCUT2D eigenvalue weighted by Gasteiger charge is -2.29. The molecule has 0 spiro atoms. The monoisotopic (exact) mass is 208 g/mol. The van der Waals surface area contributed by atoms with Crippen molar-refractivity contribution in [3.8, 4) is 0 Å². The molecule has 0 bridgehead atoms. The van der Waals surface area contributed by atoms with Gasteiger partial charge in [-0.2, -0.15) is 0 Å². The Labute approximate surface area is 89.8 Å². The van der Waals surface area contributed by atoms with E-state index in [1.165, 1.54) is 0 Å². The number of hydrogen-bond acceptors (Lipinski definition) is 3. The first-order chi connectivity index (χ1) is 6.85. The zero-order chi connectivity index (χ0) is 11.6. The predicted octanol–water partition coefficient (Wildman–Crippen LogP) is 2.38. The third kappa shape index (κ3) is 2.78. The topological polar surface area (TPSA) is 43.4 Å². The highest BCUT2D eigenvalue weighted by Crippen LogP contribution is 2.36. The fraction of sp³-hybridized carbons (Fsp3) is 0.500. The second-order valence-corrected chi connectivity index (χ2v) is 4.68. The van der Waals surface area contributed by atoms with Gasteiger partial charge >= 0.3 is 5.97 Å². The molecule has 3 heteroatoms. The molecule has 0 aromatic rings. The van der Waals surface area contributed by atoms with Crippen molar-refractivity contribution in [1.29, 1.82) is 0 Å². The van der Waals surface area contributed by atoms with Crippen LogP contribution in [0.5, 0.6) is 0 Å². The molecule has 0 atom stereocenters. The van der Waals surface area contributed by atoms with E-state index in [9.17, 15) is 9.59 Å². The molecule has 82 valence electrons. The van der Waals surface area contributed by atoms with Crippen LogP contribution in [0.4, 0.5) is 0 Å². The number of ketones is 1. The first-order valence-corrected chi connectivity index (χ1v) is 4.93. The second kappa shape index (κ2) is 4.01. The quantitative estimate of drug-likeness (QED) is 0.517. The number of Topliss-reactive ketones (excluding diaryl/α,β-unsaturated/α-hetero) is 1. The van der Waals surface area contributed by atoms with E-state index >= 15 is 0 Å². The van der Waals surface area contributed by atoms with E-state index in [1.807, 2.05) is 20.8 Å². The van der Waals surface area contributed by atoms with Gasteiger partial charge < -0.3 is 4.74 Å². The smallest absolute Gasteiger partial charge is 0.335 e. The maximum Gasteiger partial charge on any atom is 0.335 e. The van der Waals surface area contributed by atoms with E-state index in [-0.39, 0.29) is 17.0 Å². The van der Waals surface area contributed by atoms with Gasteiger partial charge in [-0.3, -0.25) is 4.79 Å². The number of allylic oxidation sites excluding steroid dienone is 2. The van der Waals surface area contributed by atoms with Crippen LogP contribution in [0, 0.1) is 5.41 Å². The summed E-state index contributed by atoms with van der Waals surface area (Å²) in [4.78, 5) is 22.7. The van der Waals surface area contributed by atoms with Crippen molar-refractivity contribution < 1.29 is 14.3 Å². The van der Waals surface area contributed by atoms with Gasteiger partial charge in [0.1, 0.15) is 0 Å².